The Hall–Kier alpha value is -2.47. The van der Waals surface area contributed by atoms with Crippen molar-refractivity contribution in [3.8, 4) is 23.3 Å². The van der Waals surface area contributed by atoms with Crippen LogP contribution in [0.2, 0.25) is 0 Å². The molecule has 0 amide bonds. The minimum atomic E-state index is 0.349. The molecule has 0 aliphatic heterocycles. The molecule has 0 heterocycles. The summed E-state index contributed by atoms with van der Waals surface area (Å²) in [5, 5.41) is 9.02. The van der Waals surface area contributed by atoms with Crippen LogP contribution in [-0.2, 0) is 0 Å². The summed E-state index contributed by atoms with van der Waals surface area (Å²) in [6.45, 7) is 8.16. The van der Waals surface area contributed by atoms with Gasteiger partial charge in [0.05, 0.1) is 18.7 Å². The molecule has 2 aromatic carbocycles. The van der Waals surface area contributed by atoms with Crippen molar-refractivity contribution in [1.82, 2.24) is 0 Å². The van der Waals surface area contributed by atoms with Crippen molar-refractivity contribution in [1.29, 1.82) is 5.26 Å². The van der Waals surface area contributed by atoms with Crippen molar-refractivity contribution in [2.45, 2.75) is 33.6 Å². The summed E-state index contributed by atoms with van der Waals surface area (Å²) in [6.07, 6.45) is 0. The molecule has 0 spiro atoms. The van der Waals surface area contributed by atoms with Crippen LogP contribution in [-0.4, -0.2) is 7.11 Å². The topological polar surface area (TPSA) is 42.2 Å². The summed E-state index contributed by atoms with van der Waals surface area (Å²) < 4.78 is 11.5. The number of aryl methyl sites for hydroxylation is 2. The molecule has 2 aromatic rings. The fraction of sp³-hybridized carbons (Fsp3) is 0.316. The molecule has 22 heavy (non-hydrogen) atoms. The second-order valence-corrected chi connectivity index (χ2v) is 5.71. The maximum Gasteiger partial charge on any atom is 0.133 e. The lowest BCUT2D eigenvalue weighted by atomic mass is 10.0. The van der Waals surface area contributed by atoms with Gasteiger partial charge in [-0.1, -0.05) is 13.8 Å². The zero-order valence-electron chi connectivity index (χ0n) is 13.7. The Kier molecular flexibility index (Phi) is 4.72. The summed E-state index contributed by atoms with van der Waals surface area (Å²) in [4.78, 5) is 0. The average molecular weight is 295 g/mol. The van der Waals surface area contributed by atoms with E-state index in [2.05, 4.69) is 19.9 Å². The van der Waals surface area contributed by atoms with Crippen molar-refractivity contribution in [2.75, 3.05) is 7.11 Å². The summed E-state index contributed by atoms with van der Waals surface area (Å²) in [5.74, 6) is 2.80. The Bertz CT molecular complexity index is 704. The van der Waals surface area contributed by atoms with Gasteiger partial charge in [-0.2, -0.15) is 5.26 Å². The van der Waals surface area contributed by atoms with Gasteiger partial charge in [0.15, 0.2) is 0 Å². The van der Waals surface area contributed by atoms with Crippen molar-refractivity contribution in [3.05, 3.63) is 52.6 Å². The number of nitriles is 1. The number of methoxy groups -OCH3 is 1. The van der Waals surface area contributed by atoms with E-state index < -0.39 is 0 Å². The van der Waals surface area contributed by atoms with Crippen molar-refractivity contribution in [3.63, 3.8) is 0 Å². The number of ether oxygens (including phenoxy) is 2. The number of hydrogen-bond donors (Lipinski definition) is 0. The minimum absolute atomic E-state index is 0.349. The monoisotopic (exact) mass is 295 g/mol. The van der Waals surface area contributed by atoms with Gasteiger partial charge >= 0.3 is 0 Å². The molecule has 0 saturated carbocycles. The first kappa shape index (κ1) is 15.9. The van der Waals surface area contributed by atoms with E-state index in [1.807, 2.05) is 44.2 Å². The zero-order chi connectivity index (χ0) is 16.3. The molecular weight excluding hydrogens is 274 g/mol. The highest BCUT2D eigenvalue weighted by Crippen LogP contribution is 2.34. The number of hydrogen-bond acceptors (Lipinski definition) is 3. The van der Waals surface area contributed by atoms with Gasteiger partial charge in [0, 0.05) is 5.56 Å². The normalized spacial score (nSPS) is 10.4. The van der Waals surface area contributed by atoms with E-state index in [1.54, 1.807) is 7.11 Å². The molecule has 0 aromatic heterocycles. The Morgan fingerprint density at radius 1 is 1.05 bits per heavy atom. The van der Waals surface area contributed by atoms with E-state index in [0.29, 0.717) is 11.5 Å². The molecule has 0 N–H and O–H groups in total. The van der Waals surface area contributed by atoms with Crippen LogP contribution in [0.1, 0.15) is 42.0 Å². The quantitative estimate of drug-likeness (QED) is 0.788. The van der Waals surface area contributed by atoms with Gasteiger partial charge in [-0.3, -0.25) is 0 Å². The number of nitrogens with zero attached hydrogens (tertiary/aromatic N) is 1. The lowest BCUT2D eigenvalue weighted by molar-refractivity contribution is 0.405. The van der Waals surface area contributed by atoms with Gasteiger partial charge in [0.1, 0.15) is 17.2 Å². The molecular formula is C19H21NO2. The minimum Gasteiger partial charge on any atom is -0.496 e. The van der Waals surface area contributed by atoms with Gasteiger partial charge in [-0.15, -0.1) is 0 Å². The first-order chi connectivity index (χ1) is 10.5. The smallest absolute Gasteiger partial charge is 0.133 e. The van der Waals surface area contributed by atoms with Gasteiger partial charge < -0.3 is 9.47 Å². The van der Waals surface area contributed by atoms with Crippen LogP contribution >= 0.6 is 0 Å². The molecule has 3 nitrogen and oxygen atoms in total. The predicted molar refractivity (Wildman–Crippen MR) is 87.8 cm³/mol. The molecule has 2 rings (SSSR count). The van der Waals surface area contributed by atoms with E-state index in [9.17, 15) is 0 Å². The lowest BCUT2D eigenvalue weighted by Gasteiger charge is -2.16. The van der Waals surface area contributed by atoms with Crippen molar-refractivity contribution in [2.24, 2.45) is 0 Å². The first-order valence-corrected chi connectivity index (χ1v) is 7.33. The molecule has 0 saturated heterocycles. The molecule has 114 valence electrons. The summed E-state index contributed by atoms with van der Waals surface area (Å²) in [7, 11) is 1.68. The summed E-state index contributed by atoms with van der Waals surface area (Å²) >= 11 is 0. The Morgan fingerprint density at radius 2 is 1.68 bits per heavy atom. The maximum absolute atomic E-state index is 9.02. The predicted octanol–water partition coefficient (Wildman–Crippen LogP) is 5.10. The van der Waals surface area contributed by atoms with Crippen LogP contribution in [0.4, 0.5) is 0 Å². The molecule has 0 aliphatic rings. The van der Waals surface area contributed by atoms with Crippen LogP contribution in [0, 0.1) is 25.2 Å². The fourth-order valence-electron chi connectivity index (χ4n) is 2.52. The van der Waals surface area contributed by atoms with Crippen LogP contribution in [0.5, 0.6) is 17.2 Å². The Labute approximate surface area is 132 Å². The van der Waals surface area contributed by atoms with Gasteiger partial charge in [0.2, 0.25) is 0 Å². The van der Waals surface area contributed by atoms with E-state index >= 15 is 0 Å². The molecule has 0 bridgehead atoms. The summed E-state index contributed by atoms with van der Waals surface area (Å²) in [5.41, 5.74) is 3.68. The third-order valence-corrected chi connectivity index (χ3v) is 3.63. The van der Waals surface area contributed by atoms with Crippen LogP contribution < -0.4 is 9.47 Å². The second kappa shape index (κ2) is 6.53. The highest BCUT2D eigenvalue weighted by molar-refractivity contribution is 5.50. The molecule has 0 radical (unpaired) electrons. The third-order valence-electron chi connectivity index (χ3n) is 3.63. The first-order valence-electron chi connectivity index (χ1n) is 7.33. The van der Waals surface area contributed by atoms with Gasteiger partial charge in [-0.05, 0) is 61.2 Å². The largest absolute Gasteiger partial charge is 0.496 e. The average Bonchev–Trinajstić information content (AvgIpc) is 2.50. The maximum atomic E-state index is 9.02. The fourth-order valence-corrected chi connectivity index (χ4v) is 2.52. The molecule has 0 atom stereocenters. The molecule has 3 heteroatoms. The molecule has 0 fully saturated rings. The Balaban J connectivity index is 2.40. The standard InChI is InChI=1S/C19H21NO2/c1-12(2)17-10-16(6-7-18(17)21-5)22-19-13(3)8-15(11-20)9-14(19)4/h6-10,12H,1-5H3. The second-order valence-electron chi connectivity index (χ2n) is 5.71. The number of benzene rings is 2. The Morgan fingerprint density at radius 3 is 2.18 bits per heavy atom. The highest BCUT2D eigenvalue weighted by Gasteiger charge is 2.12. The van der Waals surface area contributed by atoms with Crippen LogP contribution in [0.25, 0.3) is 0 Å². The zero-order valence-corrected chi connectivity index (χ0v) is 13.7. The van der Waals surface area contributed by atoms with E-state index in [1.165, 1.54) is 0 Å². The van der Waals surface area contributed by atoms with Crippen molar-refractivity contribution < 1.29 is 9.47 Å². The van der Waals surface area contributed by atoms with Crippen molar-refractivity contribution >= 4 is 0 Å². The SMILES string of the molecule is COc1ccc(Oc2c(C)cc(C#N)cc2C)cc1C(C)C. The highest BCUT2D eigenvalue weighted by atomic mass is 16.5. The van der Waals surface area contributed by atoms with Gasteiger partial charge in [-0.25, -0.2) is 0 Å². The lowest BCUT2D eigenvalue weighted by Crippen LogP contribution is -1.97. The van der Waals surface area contributed by atoms with E-state index in [0.717, 1.165) is 33.9 Å². The van der Waals surface area contributed by atoms with Crippen LogP contribution in [0.15, 0.2) is 30.3 Å². The summed E-state index contributed by atoms with van der Waals surface area (Å²) in [6, 6.07) is 11.7. The van der Waals surface area contributed by atoms with Crippen LogP contribution in [0.3, 0.4) is 0 Å². The number of rotatable bonds is 4. The van der Waals surface area contributed by atoms with Gasteiger partial charge in [0.25, 0.3) is 0 Å². The van der Waals surface area contributed by atoms with E-state index in [4.69, 9.17) is 14.7 Å². The van der Waals surface area contributed by atoms with E-state index in [-0.39, 0.29) is 0 Å². The molecule has 0 aliphatic carbocycles. The molecule has 0 unspecified atom stereocenters. The third kappa shape index (κ3) is 3.23.